The van der Waals surface area contributed by atoms with Crippen molar-refractivity contribution in [3.63, 3.8) is 0 Å². The molecule has 0 N–H and O–H groups in total. The van der Waals surface area contributed by atoms with Crippen LogP contribution in [0.3, 0.4) is 0 Å². The third-order valence-corrected chi connectivity index (χ3v) is 2.59. The van der Waals surface area contributed by atoms with E-state index in [1.807, 2.05) is 37.3 Å². The Bertz CT molecular complexity index is 359. The van der Waals surface area contributed by atoms with Gasteiger partial charge in [-0.3, -0.25) is 4.79 Å². The molecule has 4 heteroatoms. The molecule has 0 saturated carbocycles. The summed E-state index contributed by atoms with van der Waals surface area (Å²) < 4.78 is 5.39. The minimum absolute atomic E-state index is 0.00332. The molecule has 1 aromatic carbocycles. The molecule has 82 valence electrons. The number of amides is 1. The third-order valence-electron chi connectivity index (χ3n) is 2.59. The summed E-state index contributed by atoms with van der Waals surface area (Å²) in [4.78, 5) is 13.8. The predicted octanol–water partition coefficient (Wildman–Crippen LogP) is 1.04. The van der Waals surface area contributed by atoms with Crippen LogP contribution in [0, 0.1) is 0 Å². The highest BCUT2D eigenvalue weighted by molar-refractivity contribution is 6.11. The molecule has 1 fully saturated rings. The van der Waals surface area contributed by atoms with E-state index < -0.39 is 0 Å². The fraction of sp³-hybridized carbons (Fsp3) is 0.417. The van der Waals surface area contributed by atoms with Gasteiger partial charge in [-0.1, -0.05) is 18.2 Å². The van der Waals surface area contributed by atoms with E-state index in [1.165, 1.54) is 0 Å². The monoisotopic (exact) mass is 215 g/mol. The van der Waals surface area contributed by atoms with Gasteiger partial charge >= 0.3 is 0 Å². The van der Waals surface area contributed by atoms with Gasteiger partial charge in [0, 0.05) is 24.7 Å². The van der Waals surface area contributed by atoms with Crippen LogP contribution in [0.2, 0.25) is 0 Å². The Kier molecular flexibility index (Phi) is 3.29. The molecule has 1 heterocycles. The molecule has 1 aliphatic rings. The van der Waals surface area contributed by atoms with Crippen LogP contribution in [0.4, 0.5) is 0 Å². The largest absolute Gasteiger partial charge is 0.381 e. The number of morpholine rings is 1. The second-order valence-corrected chi connectivity index (χ2v) is 4.06. The number of carbonyl (C=O) groups excluding carboxylic acids is 1. The van der Waals surface area contributed by atoms with Crippen LogP contribution in [0.25, 0.3) is 0 Å². The van der Waals surface area contributed by atoms with Crippen LogP contribution in [0.15, 0.2) is 30.3 Å². The topological polar surface area (TPSA) is 29.5 Å². The second kappa shape index (κ2) is 4.70. The molecular weight excluding hydrogens is 201 g/mol. The van der Waals surface area contributed by atoms with Crippen molar-refractivity contribution < 1.29 is 9.53 Å². The lowest BCUT2D eigenvalue weighted by molar-refractivity contribution is -0.0319. The van der Waals surface area contributed by atoms with E-state index in [0.29, 0.717) is 18.7 Å². The molecule has 0 aromatic heterocycles. The first kappa shape index (κ1) is 11.2. The summed E-state index contributed by atoms with van der Waals surface area (Å²) in [6.45, 7) is 2.98. The molecular formula is C12H14BNO2. The summed E-state index contributed by atoms with van der Waals surface area (Å²) in [6.07, 6.45) is -0.00332. The Balaban J connectivity index is 2.10. The van der Waals surface area contributed by atoms with Gasteiger partial charge in [0.15, 0.2) is 0 Å². The van der Waals surface area contributed by atoms with E-state index >= 15 is 0 Å². The molecule has 2 atom stereocenters. The summed E-state index contributed by atoms with van der Waals surface area (Å²) in [5.74, 6) is 0.0196. The Morgan fingerprint density at radius 3 is 2.69 bits per heavy atom. The molecule has 2 rings (SSSR count). The highest BCUT2D eigenvalue weighted by Gasteiger charge is 2.25. The van der Waals surface area contributed by atoms with Crippen LogP contribution in [0.1, 0.15) is 17.3 Å². The van der Waals surface area contributed by atoms with Gasteiger partial charge in [0.25, 0.3) is 5.91 Å². The Labute approximate surface area is 96.8 Å². The quantitative estimate of drug-likeness (QED) is 0.655. The molecule has 3 nitrogen and oxygen atoms in total. The Morgan fingerprint density at radius 2 is 2.06 bits per heavy atom. The standard InChI is InChI=1S/C12H14BNO2/c1-9-7-14(8-11(13)16-9)12(15)10-5-3-2-4-6-10/h2-6,9,11H,7-8H2,1H3. The summed E-state index contributed by atoms with van der Waals surface area (Å²) in [7, 11) is 5.72. The van der Waals surface area contributed by atoms with Crippen LogP contribution >= 0.6 is 0 Å². The van der Waals surface area contributed by atoms with Gasteiger partial charge in [-0.25, -0.2) is 0 Å². The number of hydrogen-bond donors (Lipinski definition) is 0. The van der Waals surface area contributed by atoms with Crippen LogP contribution < -0.4 is 0 Å². The predicted molar refractivity (Wildman–Crippen MR) is 62.4 cm³/mol. The van der Waals surface area contributed by atoms with E-state index in [2.05, 4.69) is 0 Å². The van der Waals surface area contributed by atoms with E-state index in [4.69, 9.17) is 12.6 Å². The number of benzene rings is 1. The first-order valence-electron chi connectivity index (χ1n) is 5.42. The normalized spacial score (nSPS) is 25.4. The highest BCUT2D eigenvalue weighted by Crippen LogP contribution is 2.12. The van der Waals surface area contributed by atoms with Gasteiger partial charge in [-0.2, -0.15) is 0 Å². The molecule has 2 radical (unpaired) electrons. The molecule has 1 amide bonds. The third kappa shape index (κ3) is 2.45. The van der Waals surface area contributed by atoms with Gasteiger partial charge in [0.2, 0.25) is 0 Å². The summed E-state index contributed by atoms with van der Waals surface area (Å²) >= 11 is 0. The molecule has 16 heavy (non-hydrogen) atoms. The number of rotatable bonds is 1. The van der Waals surface area contributed by atoms with Gasteiger partial charge in [-0.05, 0) is 19.1 Å². The lowest BCUT2D eigenvalue weighted by Crippen LogP contribution is -2.49. The molecule has 2 unspecified atom stereocenters. The van der Waals surface area contributed by atoms with Crippen molar-refractivity contribution in [1.29, 1.82) is 0 Å². The Morgan fingerprint density at radius 1 is 1.38 bits per heavy atom. The van der Waals surface area contributed by atoms with E-state index in [1.54, 1.807) is 4.90 Å². The molecule has 0 aliphatic carbocycles. The maximum absolute atomic E-state index is 12.1. The van der Waals surface area contributed by atoms with Crippen LogP contribution in [-0.2, 0) is 4.74 Å². The zero-order valence-corrected chi connectivity index (χ0v) is 9.30. The summed E-state index contributed by atoms with van der Waals surface area (Å²) in [5, 5.41) is 0. The van der Waals surface area contributed by atoms with Crippen LogP contribution in [0.5, 0.6) is 0 Å². The minimum Gasteiger partial charge on any atom is -0.381 e. The van der Waals surface area contributed by atoms with E-state index in [0.717, 1.165) is 0 Å². The second-order valence-electron chi connectivity index (χ2n) is 4.06. The van der Waals surface area contributed by atoms with Crippen molar-refractivity contribution in [1.82, 2.24) is 4.90 Å². The summed E-state index contributed by atoms with van der Waals surface area (Å²) in [6, 6.07) is 8.86. The molecule has 0 bridgehead atoms. The van der Waals surface area contributed by atoms with Crippen molar-refractivity contribution >= 4 is 13.8 Å². The van der Waals surface area contributed by atoms with Gasteiger partial charge in [0.1, 0.15) is 7.85 Å². The smallest absolute Gasteiger partial charge is 0.254 e. The van der Waals surface area contributed by atoms with Crippen molar-refractivity contribution in [2.45, 2.75) is 19.0 Å². The van der Waals surface area contributed by atoms with Crippen LogP contribution in [-0.4, -0.2) is 43.9 Å². The van der Waals surface area contributed by atoms with Crippen molar-refractivity contribution in [3.05, 3.63) is 35.9 Å². The van der Waals surface area contributed by atoms with Crippen molar-refractivity contribution in [2.75, 3.05) is 13.1 Å². The molecule has 0 spiro atoms. The van der Waals surface area contributed by atoms with Crippen molar-refractivity contribution in [3.8, 4) is 0 Å². The van der Waals surface area contributed by atoms with Gasteiger partial charge in [0.05, 0.1) is 6.10 Å². The Hall–Kier alpha value is -1.29. The number of ether oxygens (including phenoxy) is 1. The molecule has 1 aromatic rings. The average Bonchev–Trinajstić information content (AvgIpc) is 2.28. The minimum atomic E-state index is -0.378. The number of nitrogens with zero attached hydrogens (tertiary/aromatic N) is 1. The van der Waals surface area contributed by atoms with E-state index in [-0.39, 0.29) is 18.0 Å². The SMILES string of the molecule is [B]C1CN(C(=O)c2ccccc2)CC(C)O1. The maximum Gasteiger partial charge on any atom is 0.254 e. The fourth-order valence-corrected chi connectivity index (χ4v) is 1.92. The molecule has 1 saturated heterocycles. The zero-order valence-electron chi connectivity index (χ0n) is 9.30. The number of carbonyl (C=O) groups is 1. The highest BCUT2D eigenvalue weighted by atomic mass is 16.5. The van der Waals surface area contributed by atoms with E-state index in [9.17, 15) is 4.79 Å². The zero-order chi connectivity index (χ0) is 11.5. The maximum atomic E-state index is 12.1. The first-order chi connectivity index (χ1) is 7.66. The average molecular weight is 215 g/mol. The van der Waals surface area contributed by atoms with Gasteiger partial charge < -0.3 is 9.64 Å². The first-order valence-corrected chi connectivity index (χ1v) is 5.42. The van der Waals surface area contributed by atoms with Gasteiger partial charge in [-0.15, -0.1) is 0 Å². The molecule has 1 aliphatic heterocycles. The lowest BCUT2D eigenvalue weighted by atomic mass is 9.97. The number of hydrogen-bond acceptors (Lipinski definition) is 2. The van der Waals surface area contributed by atoms with Crippen molar-refractivity contribution in [2.24, 2.45) is 0 Å². The lowest BCUT2D eigenvalue weighted by Gasteiger charge is -2.35. The summed E-state index contributed by atoms with van der Waals surface area (Å²) in [5.41, 5.74) is 0.698. The fourth-order valence-electron chi connectivity index (χ4n) is 1.92.